The number of piperazine rings is 1. The van der Waals surface area contributed by atoms with Gasteiger partial charge >= 0.3 is 0 Å². The summed E-state index contributed by atoms with van der Waals surface area (Å²) in [6, 6.07) is 9.95. The van der Waals surface area contributed by atoms with Crippen molar-refractivity contribution in [2.75, 3.05) is 38.1 Å². The van der Waals surface area contributed by atoms with E-state index < -0.39 is 11.6 Å². The lowest BCUT2D eigenvalue weighted by Crippen LogP contribution is -2.52. The SMILES string of the molecule is C=C(F)C(=C)N1CCN(c2nc(CC[C@@H]3CCCN3C)nc3nc(-c4c(O)cccc4F)ccc23)C[C@@H]1CC#N. The highest BCUT2D eigenvalue weighted by Gasteiger charge is 2.31. The van der Waals surface area contributed by atoms with Gasteiger partial charge in [-0.05, 0) is 57.1 Å². The topological polar surface area (TPSA) is 92.4 Å². The number of hydrogen-bond donors (Lipinski definition) is 1. The molecule has 0 spiro atoms. The number of phenols is 1. The third kappa shape index (κ3) is 5.47. The number of aryl methyl sites for hydroxylation is 1. The Balaban J connectivity index is 1.54. The van der Waals surface area contributed by atoms with Crippen molar-refractivity contribution in [3.63, 3.8) is 0 Å². The molecule has 0 bridgehead atoms. The van der Waals surface area contributed by atoms with Crippen LogP contribution >= 0.6 is 0 Å². The fourth-order valence-corrected chi connectivity index (χ4v) is 5.77. The molecule has 208 valence electrons. The molecule has 0 saturated carbocycles. The van der Waals surface area contributed by atoms with E-state index in [0.717, 1.165) is 19.4 Å². The number of nitriles is 1. The van der Waals surface area contributed by atoms with Gasteiger partial charge in [0.1, 0.15) is 29.0 Å². The van der Waals surface area contributed by atoms with Crippen LogP contribution in [0.5, 0.6) is 5.75 Å². The molecule has 0 radical (unpaired) electrons. The van der Waals surface area contributed by atoms with Crippen molar-refractivity contribution in [2.45, 2.75) is 44.2 Å². The summed E-state index contributed by atoms with van der Waals surface area (Å²) in [5.74, 6) is -0.0856. The first-order valence-corrected chi connectivity index (χ1v) is 13.5. The van der Waals surface area contributed by atoms with Crippen molar-refractivity contribution in [2.24, 2.45) is 0 Å². The van der Waals surface area contributed by atoms with Crippen LogP contribution in [-0.4, -0.2) is 75.2 Å². The molecular weight excluding hydrogens is 512 g/mol. The minimum absolute atomic E-state index is 0.0198. The van der Waals surface area contributed by atoms with E-state index in [1.165, 1.54) is 24.6 Å². The number of allylic oxidation sites excluding steroid dienone is 1. The molecule has 10 heteroatoms. The molecule has 2 aliphatic rings. The van der Waals surface area contributed by atoms with Gasteiger partial charge in [-0.2, -0.15) is 5.26 Å². The molecule has 8 nitrogen and oxygen atoms in total. The van der Waals surface area contributed by atoms with Crippen LogP contribution in [0.25, 0.3) is 22.3 Å². The van der Waals surface area contributed by atoms with Crippen molar-refractivity contribution < 1.29 is 13.9 Å². The Labute approximate surface area is 232 Å². The van der Waals surface area contributed by atoms with Crippen LogP contribution in [0.1, 0.15) is 31.5 Å². The van der Waals surface area contributed by atoms with Crippen LogP contribution < -0.4 is 4.90 Å². The van der Waals surface area contributed by atoms with Crippen molar-refractivity contribution in [1.82, 2.24) is 24.8 Å². The van der Waals surface area contributed by atoms with Gasteiger partial charge < -0.3 is 19.8 Å². The fourth-order valence-electron chi connectivity index (χ4n) is 5.77. The van der Waals surface area contributed by atoms with E-state index in [0.29, 0.717) is 54.8 Å². The number of hydrogen-bond acceptors (Lipinski definition) is 8. The molecule has 0 unspecified atom stereocenters. The summed E-state index contributed by atoms with van der Waals surface area (Å²) in [4.78, 5) is 20.6. The minimum Gasteiger partial charge on any atom is -0.507 e. The van der Waals surface area contributed by atoms with Crippen LogP contribution in [0.2, 0.25) is 0 Å². The number of halogens is 2. The van der Waals surface area contributed by atoms with Gasteiger partial charge in [0.2, 0.25) is 0 Å². The lowest BCUT2D eigenvalue weighted by molar-refractivity contribution is 0.227. The first-order valence-electron chi connectivity index (χ1n) is 13.5. The summed E-state index contributed by atoms with van der Waals surface area (Å²) in [7, 11) is 2.13. The second-order valence-corrected chi connectivity index (χ2v) is 10.5. The summed E-state index contributed by atoms with van der Waals surface area (Å²) < 4.78 is 28.6. The van der Waals surface area contributed by atoms with Gasteiger partial charge in [0.25, 0.3) is 0 Å². The average Bonchev–Trinajstić information content (AvgIpc) is 3.35. The third-order valence-electron chi connectivity index (χ3n) is 7.98. The smallest absolute Gasteiger partial charge is 0.165 e. The number of anilines is 1. The van der Waals surface area contributed by atoms with E-state index in [1.54, 1.807) is 17.0 Å². The van der Waals surface area contributed by atoms with E-state index in [-0.39, 0.29) is 35.2 Å². The van der Waals surface area contributed by atoms with Gasteiger partial charge in [-0.15, -0.1) is 0 Å². The van der Waals surface area contributed by atoms with Crippen LogP contribution in [0, 0.1) is 17.1 Å². The Morgan fingerprint density at radius 2 is 1.95 bits per heavy atom. The number of phenolic OH excluding ortho intramolecular Hbond substituents is 1. The molecule has 0 amide bonds. The molecule has 2 saturated heterocycles. The maximum Gasteiger partial charge on any atom is 0.165 e. The maximum absolute atomic E-state index is 14.7. The molecule has 4 heterocycles. The van der Waals surface area contributed by atoms with Crippen molar-refractivity contribution in [3.05, 3.63) is 66.7 Å². The van der Waals surface area contributed by atoms with E-state index in [9.17, 15) is 19.1 Å². The number of aromatic hydroxyl groups is 1. The van der Waals surface area contributed by atoms with Gasteiger partial charge in [-0.1, -0.05) is 19.2 Å². The number of aromatic nitrogens is 3. The normalized spacial score (nSPS) is 19.6. The van der Waals surface area contributed by atoms with E-state index in [4.69, 9.17) is 9.97 Å². The lowest BCUT2D eigenvalue weighted by Gasteiger charge is -2.43. The largest absolute Gasteiger partial charge is 0.507 e. The fraction of sp³-hybridized carbons (Fsp3) is 0.400. The zero-order chi connectivity index (χ0) is 28.4. The summed E-state index contributed by atoms with van der Waals surface area (Å²) in [6.45, 7) is 9.66. The molecule has 3 aromatic rings. The Hall–Kier alpha value is -4.10. The van der Waals surface area contributed by atoms with Crippen LogP contribution in [-0.2, 0) is 6.42 Å². The minimum atomic E-state index is -0.615. The van der Waals surface area contributed by atoms with E-state index in [2.05, 4.69) is 41.1 Å². The Morgan fingerprint density at radius 3 is 2.65 bits per heavy atom. The highest BCUT2D eigenvalue weighted by Crippen LogP contribution is 2.34. The first kappa shape index (κ1) is 27.5. The molecule has 1 N–H and O–H groups in total. The molecule has 0 aliphatic carbocycles. The van der Waals surface area contributed by atoms with Gasteiger partial charge in [-0.25, -0.2) is 23.7 Å². The van der Waals surface area contributed by atoms with Gasteiger partial charge in [0.15, 0.2) is 5.65 Å². The second kappa shape index (κ2) is 11.6. The third-order valence-corrected chi connectivity index (χ3v) is 7.98. The Bertz CT molecular complexity index is 1470. The van der Waals surface area contributed by atoms with Gasteiger partial charge in [-0.3, -0.25) is 0 Å². The summed E-state index contributed by atoms with van der Waals surface area (Å²) in [6.07, 6.45) is 4.03. The highest BCUT2D eigenvalue weighted by atomic mass is 19.1. The van der Waals surface area contributed by atoms with Crippen molar-refractivity contribution in [3.8, 4) is 23.1 Å². The average molecular weight is 546 g/mol. The number of fused-ring (bicyclic) bond motifs is 1. The molecule has 1 aromatic carbocycles. The van der Waals surface area contributed by atoms with Crippen molar-refractivity contribution >= 4 is 16.9 Å². The maximum atomic E-state index is 14.7. The number of pyridine rings is 1. The van der Waals surface area contributed by atoms with E-state index in [1.807, 2.05) is 0 Å². The molecule has 5 rings (SSSR count). The number of benzene rings is 1. The molecule has 2 fully saturated rings. The summed E-state index contributed by atoms with van der Waals surface area (Å²) in [5.41, 5.74) is 0.885. The van der Waals surface area contributed by atoms with Gasteiger partial charge in [0.05, 0.1) is 40.9 Å². The lowest BCUT2D eigenvalue weighted by atomic mass is 10.1. The van der Waals surface area contributed by atoms with Crippen LogP contribution in [0.4, 0.5) is 14.6 Å². The van der Waals surface area contributed by atoms with E-state index >= 15 is 0 Å². The monoisotopic (exact) mass is 545 g/mol. The molecule has 2 aliphatic heterocycles. The van der Waals surface area contributed by atoms with Crippen LogP contribution in [0.3, 0.4) is 0 Å². The summed E-state index contributed by atoms with van der Waals surface area (Å²) in [5, 5.41) is 20.5. The van der Waals surface area contributed by atoms with Crippen molar-refractivity contribution in [1.29, 1.82) is 5.26 Å². The first-order chi connectivity index (χ1) is 19.3. The molecule has 2 atom stereocenters. The van der Waals surface area contributed by atoms with Gasteiger partial charge in [0, 0.05) is 32.1 Å². The molecule has 2 aromatic heterocycles. The Kier molecular flexibility index (Phi) is 7.94. The predicted molar refractivity (Wildman–Crippen MR) is 151 cm³/mol. The predicted octanol–water partition coefficient (Wildman–Crippen LogP) is 4.96. The highest BCUT2D eigenvalue weighted by molar-refractivity contribution is 5.89. The Morgan fingerprint density at radius 1 is 1.12 bits per heavy atom. The molecular formula is C30H33F2N7O. The number of rotatable bonds is 8. The summed E-state index contributed by atoms with van der Waals surface area (Å²) >= 11 is 0. The standard InChI is InChI=1S/C30H33F2N7O/c1-19(31)20(2)39-17-16-38(18-22(39)13-14-33)30-23-10-11-25(28-24(32)7-4-8-26(28)40)34-29(23)35-27(36-30)12-9-21-6-5-15-37(21)3/h4,7-8,10-11,21-22,40H,1-2,5-6,9,12-13,15-18H2,3H3/t21-,22-/m0/s1. The number of nitrogens with zero attached hydrogens (tertiary/aromatic N) is 7. The zero-order valence-corrected chi connectivity index (χ0v) is 22.7. The molecule has 40 heavy (non-hydrogen) atoms. The quantitative estimate of drug-likeness (QED) is 0.397. The second-order valence-electron chi connectivity index (χ2n) is 10.5. The van der Waals surface area contributed by atoms with Crippen LogP contribution in [0.15, 0.2) is 55.0 Å². The number of likely N-dealkylation sites (tertiary alicyclic amines) is 1. The zero-order valence-electron chi connectivity index (χ0n) is 22.7.